The van der Waals surface area contributed by atoms with Crippen molar-refractivity contribution in [3.05, 3.63) is 40.7 Å². The minimum absolute atomic E-state index is 0.0212. The van der Waals surface area contributed by atoms with Crippen LogP contribution in [-0.4, -0.2) is 41.4 Å². The van der Waals surface area contributed by atoms with Crippen molar-refractivity contribution < 1.29 is 14.8 Å². The van der Waals surface area contributed by atoms with E-state index >= 15 is 0 Å². The molecule has 0 aliphatic rings. The minimum Gasteiger partial charge on any atom is -0.394 e. The number of aliphatic hydroxyl groups is 1. The largest absolute Gasteiger partial charge is 0.394 e. The van der Waals surface area contributed by atoms with Crippen LogP contribution in [-0.2, 0) is 4.74 Å². The van der Waals surface area contributed by atoms with Crippen molar-refractivity contribution >= 4 is 22.1 Å². The number of fused-ring (bicyclic) bond motifs is 1. The summed E-state index contributed by atoms with van der Waals surface area (Å²) in [5.41, 5.74) is 0.884. The van der Waals surface area contributed by atoms with E-state index < -0.39 is 4.92 Å². The highest BCUT2D eigenvalue weighted by Crippen LogP contribution is 2.30. The van der Waals surface area contributed by atoms with E-state index in [4.69, 9.17) is 9.84 Å². The molecule has 7 nitrogen and oxygen atoms in total. The molecule has 0 saturated carbocycles. The number of anilines is 1. The summed E-state index contributed by atoms with van der Waals surface area (Å²) in [5.74, 6) is 0. The lowest BCUT2D eigenvalue weighted by Crippen LogP contribution is -2.08. The number of nitro benzene ring substituents is 1. The molecule has 2 rings (SSSR count). The molecule has 7 heteroatoms. The second-order valence-electron chi connectivity index (χ2n) is 4.43. The maximum Gasteiger partial charge on any atom is 0.278 e. The normalized spacial score (nSPS) is 10.7. The molecule has 0 atom stereocenters. The molecule has 0 spiro atoms. The molecule has 0 bridgehead atoms. The van der Waals surface area contributed by atoms with Crippen molar-refractivity contribution in [3.63, 3.8) is 0 Å². The number of pyridine rings is 1. The zero-order valence-electron chi connectivity index (χ0n) is 11.5. The summed E-state index contributed by atoms with van der Waals surface area (Å²) in [6, 6.07) is 4.94. The fraction of sp³-hybridized carbons (Fsp3) is 0.357. The standard InChI is InChI=1S/C14H17N3O4/c18-7-9-21-8-1-5-16-13-2-3-14(17(19)20)12-10-15-6-4-11(12)13/h2-4,6,10,16,18H,1,5,7-9H2. The molecule has 1 heterocycles. The lowest BCUT2D eigenvalue weighted by atomic mass is 10.1. The Kier molecular flexibility index (Phi) is 5.42. The van der Waals surface area contributed by atoms with E-state index in [2.05, 4.69) is 10.3 Å². The fourth-order valence-corrected chi connectivity index (χ4v) is 2.05. The molecule has 112 valence electrons. The third-order valence-corrected chi connectivity index (χ3v) is 3.01. The molecule has 1 aromatic heterocycles. The fourth-order valence-electron chi connectivity index (χ4n) is 2.05. The predicted octanol–water partition coefficient (Wildman–Crippen LogP) is 1.95. The summed E-state index contributed by atoms with van der Waals surface area (Å²) in [4.78, 5) is 14.6. The van der Waals surface area contributed by atoms with Gasteiger partial charge in [-0.25, -0.2) is 0 Å². The van der Waals surface area contributed by atoms with Crippen molar-refractivity contribution in [2.45, 2.75) is 6.42 Å². The second kappa shape index (κ2) is 7.51. The average molecular weight is 291 g/mol. The van der Waals surface area contributed by atoms with Crippen LogP contribution in [0.1, 0.15) is 6.42 Å². The van der Waals surface area contributed by atoms with Crippen molar-refractivity contribution in [1.29, 1.82) is 0 Å². The van der Waals surface area contributed by atoms with Crippen molar-refractivity contribution in [2.75, 3.05) is 31.7 Å². The number of ether oxygens (including phenoxy) is 1. The molecule has 0 aliphatic carbocycles. The summed E-state index contributed by atoms with van der Waals surface area (Å²) in [6.45, 7) is 1.60. The third kappa shape index (κ3) is 3.87. The Bertz CT molecular complexity index is 618. The van der Waals surface area contributed by atoms with E-state index in [0.29, 0.717) is 25.1 Å². The molecule has 0 fully saturated rings. The Morgan fingerprint density at radius 3 is 2.90 bits per heavy atom. The van der Waals surface area contributed by atoms with Gasteiger partial charge in [0, 0.05) is 42.7 Å². The molecule has 2 N–H and O–H groups in total. The molecular weight excluding hydrogens is 274 g/mol. The number of hydrogen-bond acceptors (Lipinski definition) is 6. The molecule has 21 heavy (non-hydrogen) atoms. The van der Waals surface area contributed by atoms with Crippen molar-refractivity contribution in [2.24, 2.45) is 0 Å². The summed E-state index contributed by atoms with van der Waals surface area (Å²) in [5, 5.41) is 24.1. The molecule has 0 amide bonds. The van der Waals surface area contributed by atoms with Gasteiger partial charge in [0.05, 0.1) is 23.5 Å². The number of aromatic nitrogens is 1. The van der Waals surface area contributed by atoms with Gasteiger partial charge in [-0.05, 0) is 18.6 Å². The van der Waals surface area contributed by atoms with Gasteiger partial charge in [-0.1, -0.05) is 0 Å². The van der Waals surface area contributed by atoms with Crippen LogP contribution in [0.5, 0.6) is 0 Å². The third-order valence-electron chi connectivity index (χ3n) is 3.01. The maximum atomic E-state index is 11.0. The summed E-state index contributed by atoms with van der Waals surface area (Å²) in [7, 11) is 0. The first-order chi connectivity index (χ1) is 10.2. The average Bonchev–Trinajstić information content (AvgIpc) is 2.50. The topological polar surface area (TPSA) is 97.5 Å². The van der Waals surface area contributed by atoms with Gasteiger partial charge in [-0.3, -0.25) is 15.1 Å². The second-order valence-corrected chi connectivity index (χ2v) is 4.43. The zero-order chi connectivity index (χ0) is 15.1. The van der Waals surface area contributed by atoms with Gasteiger partial charge >= 0.3 is 0 Å². The molecule has 0 saturated heterocycles. The van der Waals surface area contributed by atoms with E-state index in [9.17, 15) is 10.1 Å². The van der Waals surface area contributed by atoms with Gasteiger partial charge in [0.1, 0.15) is 0 Å². The van der Waals surface area contributed by atoms with Gasteiger partial charge in [-0.15, -0.1) is 0 Å². The van der Waals surface area contributed by atoms with E-state index in [0.717, 1.165) is 17.5 Å². The molecule has 0 aliphatic heterocycles. The summed E-state index contributed by atoms with van der Waals surface area (Å²) >= 11 is 0. The van der Waals surface area contributed by atoms with Gasteiger partial charge in [0.15, 0.2) is 0 Å². The van der Waals surface area contributed by atoms with E-state index in [1.807, 2.05) is 0 Å². The van der Waals surface area contributed by atoms with Gasteiger partial charge in [-0.2, -0.15) is 0 Å². The monoisotopic (exact) mass is 291 g/mol. The highest BCUT2D eigenvalue weighted by molar-refractivity contribution is 5.99. The van der Waals surface area contributed by atoms with Crippen LogP contribution in [0.3, 0.4) is 0 Å². The van der Waals surface area contributed by atoms with Crippen LogP contribution in [0, 0.1) is 10.1 Å². The van der Waals surface area contributed by atoms with Crippen molar-refractivity contribution in [3.8, 4) is 0 Å². The number of rotatable bonds is 8. The molecule has 1 aromatic carbocycles. The lowest BCUT2D eigenvalue weighted by Gasteiger charge is -2.10. The maximum absolute atomic E-state index is 11.0. The van der Waals surface area contributed by atoms with Crippen LogP contribution >= 0.6 is 0 Å². The van der Waals surface area contributed by atoms with Crippen molar-refractivity contribution in [1.82, 2.24) is 4.98 Å². The Morgan fingerprint density at radius 2 is 2.14 bits per heavy atom. The first-order valence-electron chi connectivity index (χ1n) is 6.67. The first kappa shape index (κ1) is 15.1. The number of nitrogens with zero attached hydrogens (tertiary/aromatic N) is 2. The number of benzene rings is 1. The Hall–Kier alpha value is -2.25. The Balaban J connectivity index is 2.07. The van der Waals surface area contributed by atoms with E-state index in [1.54, 1.807) is 18.3 Å². The molecule has 2 aromatic rings. The summed E-state index contributed by atoms with van der Waals surface area (Å²) in [6.07, 6.45) is 3.90. The zero-order valence-corrected chi connectivity index (χ0v) is 11.5. The van der Waals surface area contributed by atoms with Crippen LogP contribution in [0.15, 0.2) is 30.6 Å². The van der Waals surface area contributed by atoms with E-state index in [1.165, 1.54) is 12.3 Å². The number of hydrogen-bond donors (Lipinski definition) is 2. The van der Waals surface area contributed by atoms with Crippen LogP contribution in [0.25, 0.3) is 10.8 Å². The first-order valence-corrected chi connectivity index (χ1v) is 6.67. The minimum atomic E-state index is -0.406. The number of aliphatic hydroxyl groups excluding tert-OH is 1. The molecular formula is C14H17N3O4. The Labute approximate surface area is 121 Å². The summed E-state index contributed by atoms with van der Waals surface area (Å²) < 4.78 is 5.17. The predicted molar refractivity (Wildman–Crippen MR) is 79.4 cm³/mol. The van der Waals surface area contributed by atoms with Crippen LogP contribution < -0.4 is 5.32 Å². The molecule has 0 unspecified atom stereocenters. The lowest BCUT2D eigenvalue weighted by molar-refractivity contribution is -0.383. The smallest absolute Gasteiger partial charge is 0.278 e. The highest BCUT2D eigenvalue weighted by atomic mass is 16.6. The quantitative estimate of drug-likeness (QED) is 0.438. The Morgan fingerprint density at radius 1 is 1.29 bits per heavy atom. The van der Waals surface area contributed by atoms with Gasteiger partial charge in [0.2, 0.25) is 0 Å². The number of nitro groups is 1. The van der Waals surface area contributed by atoms with Crippen LogP contribution in [0.4, 0.5) is 11.4 Å². The number of nitrogens with one attached hydrogen (secondary N) is 1. The highest BCUT2D eigenvalue weighted by Gasteiger charge is 2.13. The van der Waals surface area contributed by atoms with Gasteiger partial charge < -0.3 is 15.2 Å². The van der Waals surface area contributed by atoms with Crippen LogP contribution in [0.2, 0.25) is 0 Å². The molecule has 0 radical (unpaired) electrons. The SMILES string of the molecule is O=[N+]([O-])c1ccc(NCCCOCCO)c2ccncc12. The van der Waals surface area contributed by atoms with Gasteiger partial charge in [0.25, 0.3) is 5.69 Å². The van der Waals surface area contributed by atoms with E-state index in [-0.39, 0.29) is 12.3 Å². The number of non-ortho nitro benzene ring substituents is 1.